The van der Waals surface area contributed by atoms with Crippen LogP contribution in [0.2, 0.25) is 5.02 Å². The molecule has 3 rings (SSSR count). The fourth-order valence-corrected chi connectivity index (χ4v) is 3.23. The molecule has 0 heterocycles. The average Bonchev–Trinajstić information content (AvgIpc) is 2.70. The van der Waals surface area contributed by atoms with Crippen LogP contribution in [-0.2, 0) is 0 Å². The predicted octanol–water partition coefficient (Wildman–Crippen LogP) is 4.50. The molecule has 6 N–H and O–H groups in total. The van der Waals surface area contributed by atoms with Crippen LogP contribution < -0.4 is 11.5 Å². The van der Waals surface area contributed by atoms with Gasteiger partial charge in [-0.15, -0.1) is 0 Å². The number of rotatable bonds is 4. The SMILES string of the molecule is N=Cc1cccc(/C=C/C2(N)CCCCC2)c1.NC(=O)c1ccc(O)c(Cl)c1. The van der Waals surface area contributed by atoms with Crippen LogP contribution in [0.1, 0.15) is 53.6 Å². The van der Waals surface area contributed by atoms with Crippen molar-refractivity contribution in [1.29, 1.82) is 5.41 Å². The van der Waals surface area contributed by atoms with E-state index >= 15 is 0 Å². The van der Waals surface area contributed by atoms with Crippen molar-refractivity contribution >= 4 is 29.8 Å². The first-order valence-electron chi connectivity index (χ1n) is 9.20. The zero-order valence-corrected chi connectivity index (χ0v) is 16.5. The molecular weight excluding hydrogens is 374 g/mol. The zero-order valence-electron chi connectivity index (χ0n) is 15.7. The number of halogens is 1. The highest BCUT2D eigenvalue weighted by molar-refractivity contribution is 6.32. The molecule has 0 unspecified atom stereocenters. The van der Waals surface area contributed by atoms with E-state index in [9.17, 15) is 4.79 Å². The number of phenolic OH excluding ortho intramolecular Hbond substituents is 1. The summed E-state index contributed by atoms with van der Waals surface area (Å²) in [5, 5.41) is 16.3. The summed E-state index contributed by atoms with van der Waals surface area (Å²) < 4.78 is 0. The second-order valence-electron chi connectivity index (χ2n) is 6.97. The van der Waals surface area contributed by atoms with Crippen LogP contribution in [0.25, 0.3) is 6.08 Å². The molecule has 6 heteroatoms. The molecule has 1 aliphatic carbocycles. The van der Waals surface area contributed by atoms with E-state index in [1.807, 2.05) is 18.2 Å². The van der Waals surface area contributed by atoms with Crippen molar-refractivity contribution in [2.24, 2.45) is 11.5 Å². The van der Waals surface area contributed by atoms with E-state index in [1.54, 1.807) is 0 Å². The van der Waals surface area contributed by atoms with Crippen LogP contribution in [0.15, 0.2) is 48.5 Å². The first-order valence-corrected chi connectivity index (χ1v) is 9.58. The van der Waals surface area contributed by atoms with Gasteiger partial charge >= 0.3 is 0 Å². The minimum absolute atomic E-state index is 0.0586. The molecule has 28 heavy (non-hydrogen) atoms. The Labute approximate surface area is 170 Å². The second kappa shape index (κ2) is 10.1. The first-order chi connectivity index (χ1) is 13.3. The Bertz CT molecular complexity index is 859. The second-order valence-corrected chi connectivity index (χ2v) is 7.38. The quantitative estimate of drug-likeness (QED) is 0.567. The third-order valence-electron chi connectivity index (χ3n) is 4.70. The third kappa shape index (κ3) is 6.51. The highest BCUT2D eigenvalue weighted by Crippen LogP contribution is 2.27. The van der Waals surface area contributed by atoms with Gasteiger partial charge in [-0.2, -0.15) is 0 Å². The van der Waals surface area contributed by atoms with Crippen LogP contribution >= 0.6 is 11.6 Å². The van der Waals surface area contributed by atoms with Crippen LogP contribution in [0.4, 0.5) is 0 Å². The number of aromatic hydroxyl groups is 1. The van der Waals surface area contributed by atoms with E-state index in [0.717, 1.165) is 24.0 Å². The summed E-state index contributed by atoms with van der Waals surface area (Å²) in [7, 11) is 0. The van der Waals surface area contributed by atoms with Crippen molar-refractivity contribution in [1.82, 2.24) is 0 Å². The lowest BCUT2D eigenvalue weighted by atomic mass is 9.82. The van der Waals surface area contributed by atoms with Gasteiger partial charge in [-0.25, -0.2) is 0 Å². The molecule has 1 aliphatic rings. The smallest absolute Gasteiger partial charge is 0.248 e. The molecule has 1 amide bonds. The van der Waals surface area contributed by atoms with Crippen LogP contribution in [-0.4, -0.2) is 22.8 Å². The molecule has 148 valence electrons. The largest absolute Gasteiger partial charge is 0.506 e. The topological polar surface area (TPSA) is 113 Å². The zero-order chi connectivity index (χ0) is 20.6. The van der Waals surface area contributed by atoms with Gasteiger partial charge in [0, 0.05) is 17.3 Å². The molecule has 5 nitrogen and oxygen atoms in total. The van der Waals surface area contributed by atoms with Gasteiger partial charge in [-0.3, -0.25) is 4.79 Å². The van der Waals surface area contributed by atoms with Gasteiger partial charge in [0.15, 0.2) is 0 Å². The molecule has 0 aliphatic heterocycles. The lowest BCUT2D eigenvalue weighted by Gasteiger charge is -2.30. The molecule has 1 saturated carbocycles. The summed E-state index contributed by atoms with van der Waals surface area (Å²) in [6.07, 6.45) is 11.6. The van der Waals surface area contributed by atoms with Gasteiger partial charge in [-0.1, -0.05) is 61.2 Å². The van der Waals surface area contributed by atoms with Crippen molar-refractivity contribution in [3.05, 3.63) is 70.3 Å². The Morgan fingerprint density at radius 1 is 1.11 bits per heavy atom. The van der Waals surface area contributed by atoms with E-state index in [1.165, 1.54) is 43.7 Å². The fraction of sp³-hybridized carbons (Fsp3) is 0.273. The molecule has 2 aromatic carbocycles. The number of carbonyl (C=O) groups is 1. The van der Waals surface area contributed by atoms with Crippen molar-refractivity contribution in [2.45, 2.75) is 37.6 Å². The van der Waals surface area contributed by atoms with E-state index in [4.69, 9.17) is 33.6 Å². The Kier molecular flexibility index (Phi) is 7.79. The highest BCUT2D eigenvalue weighted by Gasteiger charge is 2.23. The third-order valence-corrected chi connectivity index (χ3v) is 5.00. The van der Waals surface area contributed by atoms with Gasteiger partial charge in [0.1, 0.15) is 5.75 Å². The molecule has 0 saturated heterocycles. The minimum atomic E-state index is -0.563. The maximum atomic E-state index is 10.5. The fourth-order valence-electron chi connectivity index (χ4n) is 3.05. The molecule has 0 spiro atoms. The Hall–Kier alpha value is -2.63. The summed E-state index contributed by atoms with van der Waals surface area (Å²) in [5.74, 6) is -0.622. The lowest BCUT2D eigenvalue weighted by molar-refractivity contribution is 0.100. The molecule has 0 radical (unpaired) electrons. The van der Waals surface area contributed by atoms with E-state index < -0.39 is 5.91 Å². The summed E-state index contributed by atoms with van der Waals surface area (Å²) in [6.45, 7) is 0. The van der Waals surface area contributed by atoms with Crippen molar-refractivity contribution < 1.29 is 9.90 Å². The summed E-state index contributed by atoms with van der Waals surface area (Å²) >= 11 is 5.50. The monoisotopic (exact) mass is 399 g/mol. The number of primary amides is 1. The standard InChI is InChI=1S/C15H20N2.C7H6ClNO2/c16-12-14-6-4-5-13(11-14)7-10-15(17)8-2-1-3-9-15;8-5-3-4(7(9)11)1-2-6(5)10/h4-7,10-12,16H,1-3,8-9,17H2;1-3,10H,(H2,9,11)/b10-7+,16-12?;. The lowest BCUT2D eigenvalue weighted by Crippen LogP contribution is -2.39. The van der Waals surface area contributed by atoms with E-state index in [0.29, 0.717) is 0 Å². The number of hydrogen-bond acceptors (Lipinski definition) is 4. The van der Waals surface area contributed by atoms with Crippen LogP contribution in [0.3, 0.4) is 0 Å². The number of carbonyl (C=O) groups excluding carboxylic acids is 1. The number of phenols is 1. The summed E-state index contributed by atoms with van der Waals surface area (Å²) in [5.41, 5.74) is 13.5. The Morgan fingerprint density at radius 2 is 1.79 bits per heavy atom. The van der Waals surface area contributed by atoms with Gasteiger partial charge in [0.05, 0.1) is 5.02 Å². The number of hydrogen-bond donors (Lipinski definition) is 4. The first kappa shape index (κ1) is 21.7. The van der Waals surface area contributed by atoms with E-state index in [-0.39, 0.29) is 21.9 Å². The highest BCUT2D eigenvalue weighted by atomic mass is 35.5. The van der Waals surface area contributed by atoms with Gasteiger partial charge < -0.3 is 22.0 Å². The predicted molar refractivity (Wildman–Crippen MR) is 115 cm³/mol. The van der Waals surface area contributed by atoms with Crippen molar-refractivity contribution in [3.63, 3.8) is 0 Å². The number of benzene rings is 2. The molecule has 0 bridgehead atoms. The number of amides is 1. The minimum Gasteiger partial charge on any atom is -0.506 e. The molecule has 0 atom stereocenters. The normalized spacial score (nSPS) is 15.5. The van der Waals surface area contributed by atoms with Crippen LogP contribution in [0, 0.1) is 5.41 Å². The maximum Gasteiger partial charge on any atom is 0.248 e. The summed E-state index contributed by atoms with van der Waals surface area (Å²) in [4.78, 5) is 10.5. The molecule has 2 aromatic rings. The van der Waals surface area contributed by atoms with Crippen molar-refractivity contribution in [3.8, 4) is 5.75 Å². The van der Waals surface area contributed by atoms with Crippen LogP contribution in [0.5, 0.6) is 5.75 Å². The average molecular weight is 400 g/mol. The van der Waals surface area contributed by atoms with Gasteiger partial charge in [0.2, 0.25) is 5.91 Å². The molecule has 1 fully saturated rings. The Balaban J connectivity index is 0.000000221. The Morgan fingerprint density at radius 3 is 2.39 bits per heavy atom. The van der Waals surface area contributed by atoms with E-state index in [2.05, 4.69) is 18.2 Å². The molecular formula is C22H26ClN3O2. The van der Waals surface area contributed by atoms with Crippen molar-refractivity contribution in [2.75, 3.05) is 0 Å². The number of nitrogens with one attached hydrogen (secondary N) is 1. The molecule has 0 aromatic heterocycles. The summed E-state index contributed by atoms with van der Waals surface area (Å²) in [6, 6.07) is 12.0. The van der Waals surface area contributed by atoms with Gasteiger partial charge in [0.25, 0.3) is 0 Å². The maximum absolute atomic E-state index is 10.5. The number of nitrogens with two attached hydrogens (primary N) is 2. The van der Waals surface area contributed by atoms with Gasteiger partial charge in [-0.05, 0) is 48.2 Å².